The van der Waals surface area contributed by atoms with Gasteiger partial charge in [-0.25, -0.2) is 0 Å². The molecule has 2 rings (SSSR count). The summed E-state index contributed by atoms with van der Waals surface area (Å²) in [5, 5.41) is 11.8. The van der Waals surface area contributed by atoms with E-state index in [9.17, 15) is 4.79 Å². The number of rotatable bonds is 3. The molecule has 4 N–H and O–H groups in total. The lowest BCUT2D eigenvalue weighted by molar-refractivity contribution is -0.138. The van der Waals surface area contributed by atoms with Crippen LogP contribution in [0.5, 0.6) is 0 Å². The van der Waals surface area contributed by atoms with Gasteiger partial charge in [0.1, 0.15) is 0 Å². The number of carbonyl (C=O) groups is 1. The summed E-state index contributed by atoms with van der Waals surface area (Å²) in [7, 11) is 0. The number of nitrogens with one attached hydrogen (secondary N) is 1. The van der Waals surface area contributed by atoms with Gasteiger partial charge in [-0.15, -0.1) is 11.3 Å². The van der Waals surface area contributed by atoms with Gasteiger partial charge in [0, 0.05) is 18.1 Å². The van der Waals surface area contributed by atoms with Gasteiger partial charge in [-0.1, -0.05) is 0 Å². The predicted molar refractivity (Wildman–Crippen MR) is 55.6 cm³/mol. The number of hydrogen-bond donors (Lipinski definition) is 3. The molecule has 2 aromatic rings. The third-order valence-corrected chi connectivity index (χ3v) is 3.09. The molecule has 1 atom stereocenters. The highest BCUT2D eigenvalue weighted by Gasteiger charge is 2.21. The standard InChI is InChI=1S/C9H10N2O2S/c10-3-6(9(12)13)7-4-11-8-5(7)1-2-14-8/h1-2,4,6,11H,3,10H2,(H,12,13). The molecule has 4 nitrogen and oxygen atoms in total. The first kappa shape index (κ1) is 9.23. The molecule has 0 aliphatic heterocycles. The molecular weight excluding hydrogens is 200 g/mol. The highest BCUT2D eigenvalue weighted by molar-refractivity contribution is 7.16. The molecule has 5 heteroatoms. The van der Waals surface area contributed by atoms with Gasteiger partial charge in [0.15, 0.2) is 0 Å². The van der Waals surface area contributed by atoms with Crippen molar-refractivity contribution >= 4 is 27.5 Å². The number of hydrogen-bond acceptors (Lipinski definition) is 3. The number of carboxylic acids is 1. The Kier molecular flexibility index (Phi) is 2.26. The van der Waals surface area contributed by atoms with Gasteiger partial charge in [0.25, 0.3) is 0 Å². The molecule has 14 heavy (non-hydrogen) atoms. The van der Waals surface area contributed by atoms with Gasteiger partial charge in [-0.05, 0) is 17.0 Å². The van der Waals surface area contributed by atoms with Crippen LogP contribution in [0.1, 0.15) is 11.5 Å². The van der Waals surface area contributed by atoms with Crippen LogP contribution in [-0.4, -0.2) is 22.6 Å². The number of thiophene rings is 1. The molecule has 0 aromatic carbocycles. The predicted octanol–water partition coefficient (Wildman–Crippen LogP) is 1.36. The Morgan fingerprint density at radius 1 is 1.71 bits per heavy atom. The normalized spacial score (nSPS) is 13.2. The Morgan fingerprint density at radius 2 is 2.50 bits per heavy atom. The van der Waals surface area contributed by atoms with Crippen molar-refractivity contribution in [1.29, 1.82) is 0 Å². The summed E-state index contributed by atoms with van der Waals surface area (Å²) in [6.45, 7) is 0.123. The van der Waals surface area contributed by atoms with Crippen molar-refractivity contribution in [3.05, 3.63) is 23.2 Å². The van der Waals surface area contributed by atoms with E-state index in [1.165, 1.54) is 0 Å². The number of nitrogens with two attached hydrogens (primary N) is 1. The van der Waals surface area contributed by atoms with Crippen molar-refractivity contribution in [3.8, 4) is 0 Å². The number of fused-ring (bicyclic) bond motifs is 1. The van der Waals surface area contributed by atoms with Crippen LogP contribution in [0.4, 0.5) is 0 Å². The fraction of sp³-hybridized carbons (Fsp3) is 0.222. The largest absolute Gasteiger partial charge is 0.481 e. The molecule has 0 bridgehead atoms. The molecule has 0 saturated carbocycles. The first-order valence-electron chi connectivity index (χ1n) is 4.21. The smallest absolute Gasteiger partial charge is 0.312 e. The van der Waals surface area contributed by atoms with E-state index in [1.54, 1.807) is 17.5 Å². The summed E-state index contributed by atoms with van der Waals surface area (Å²) in [6.07, 6.45) is 1.73. The Bertz CT molecular complexity index is 460. The first-order chi connectivity index (χ1) is 6.74. The zero-order chi connectivity index (χ0) is 10.1. The van der Waals surface area contributed by atoms with Crippen LogP contribution in [0.3, 0.4) is 0 Å². The minimum atomic E-state index is -0.875. The van der Waals surface area contributed by atoms with Crippen molar-refractivity contribution in [1.82, 2.24) is 4.98 Å². The van der Waals surface area contributed by atoms with Crippen LogP contribution >= 0.6 is 11.3 Å². The summed E-state index contributed by atoms with van der Waals surface area (Å²) in [5.74, 6) is -1.49. The first-order valence-corrected chi connectivity index (χ1v) is 5.09. The van der Waals surface area contributed by atoms with Crippen molar-refractivity contribution < 1.29 is 9.90 Å². The molecule has 0 aliphatic carbocycles. The molecule has 0 saturated heterocycles. The minimum absolute atomic E-state index is 0.123. The van der Waals surface area contributed by atoms with Crippen molar-refractivity contribution in [2.45, 2.75) is 5.92 Å². The van der Waals surface area contributed by atoms with E-state index in [4.69, 9.17) is 10.8 Å². The lowest BCUT2D eigenvalue weighted by Crippen LogP contribution is -2.20. The van der Waals surface area contributed by atoms with Gasteiger partial charge < -0.3 is 15.8 Å². The second kappa shape index (κ2) is 3.43. The van der Waals surface area contributed by atoms with Crippen LogP contribution in [0, 0.1) is 0 Å². The lowest BCUT2D eigenvalue weighted by atomic mass is 10.0. The van der Waals surface area contributed by atoms with Gasteiger partial charge in [0.2, 0.25) is 0 Å². The lowest BCUT2D eigenvalue weighted by Gasteiger charge is -2.06. The monoisotopic (exact) mass is 210 g/mol. The number of aromatic amines is 1. The Hall–Kier alpha value is -1.33. The average molecular weight is 210 g/mol. The zero-order valence-corrected chi connectivity index (χ0v) is 8.17. The quantitative estimate of drug-likeness (QED) is 0.715. The second-order valence-electron chi connectivity index (χ2n) is 3.03. The molecule has 0 fully saturated rings. The number of carboxylic acid groups (broad SMARTS) is 1. The highest BCUT2D eigenvalue weighted by Crippen LogP contribution is 2.28. The van der Waals surface area contributed by atoms with E-state index in [-0.39, 0.29) is 6.54 Å². The average Bonchev–Trinajstić information content (AvgIpc) is 2.69. The second-order valence-corrected chi connectivity index (χ2v) is 3.95. The number of aromatic nitrogens is 1. The van der Waals surface area contributed by atoms with Crippen LogP contribution in [-0.2, 0) is 4.79 Å². The summed E-state index contributed by atoms with van der Waals surface area (Å²) in [4.78, 5) is 14.9. The van der Waals surface area contributed by atoms with E-state index < -0.39 is 11.9 Å². The molecular formula is C9H10N2O2S. The van der Waals surface area contributed by atoms with Crippen LogP contribution in [0.15, 0.2) is 17.6 Å². The number of H-pyrrole nitrogens is 1. The minimum Gasteiger partial charge on any atom is -0.481 e. The van der Waals surface area contributed by atoms with Crippen molar-refractivity contribution in [2.75, 3.05) is 6.54 Å². The molecule has 0 radical (unpaired) electrons. The Morgan fingerprint density at radius 3 is 3.14 bits per heavy atom. The van der Waals surface area contributed by atoms with Gasteiger partial charge in [0.05, 0.1) is 10.7 Å². The summed E-state index contributed by atoms with van der Waals surface area (Å²) in [6, 6.07) is 1.91. The van der Waals surface area contributed by atoms with Crippen molar-refractivity contribution in [3.63, 3.8) is 0 Å². The van der Waals surface area contributed by atoms with E-state index in [0.717, 1.165) is 15.8 Å². The van der Waals surface area contributed by atoms with Crippen LogP contribution in [0.25, 0.3) is 10.2 Å². The summed E-state index contributed by atoms with van der Waals surface area (Å²) >= 11 is 1.56. The third kappa shape index (κ3) is 1.30. The summed E-state index contributed by atoms with van der Waals surface area (Å²) in [5.41, 5.74) is 6.21. The summed E-state index contributed by atoms with van der Waals surface area (Å²) < 4.78 is 0. The topological polar surface area (TPSA) is 79.1 Å². The van der Waals surface area contributed by atoms with Crippen LogP contribution < -0.4 is 5.73 Å². The molecule has 0 aliphatic rings. The number of aliphatic carboxylic acids is 1. The molecule has 0 spiro atoms. The van der Waals surface area contributed by atoms with E-state index in [1.807, 2.05) is 11.4 Å². The maximum absolute atomic E-state index is 10.9. The third-order valence-electron chi connectivity index (χ3n) is 2.24. The highest BCUT2D eigenvalue weighted by atomic mass is 32.1. The Labute approximate surface area is 84.4 Å². The fourth-order valence-corrected chi connectivity index (χ4v) is 2.30. The van der Waals surface area contributed by atoms with Gasteiger partial charge in [-0.3, -0.25) is 4.79 Å². The Balaban J connectivity index is 2.51. The molecule has 2 aromatic heterocycles. The zero-order valence-electron chi connectivity index (χ0n) is 7.36. The molecule has 1 unspecified atom stereocenters. The molecule has 2 heterocycles. The van der Waals surface area contributed by atoms with Gasteiger partial charge >= 0.3 is 5.97 Å². The molecule has 0 amide bonds. The SMILES string of the molecule is NCC(C(=O)O)c1c[nH]c2sccc12. The van der Waals surface area contributed by atoms with Gasteiger partial charge in [-0.2, -0.15) is 0 Å². The van der Waals surface area contributed by atoms with E-state index in [2.05, 4.69) is 4.98 Å². The fourth-order valence-electron chi connectivity index (χ4n) is 1.52. The maximum atomic E-state index is 10.9. The van der Waals surface area contributed by atoms with E-state index in [0.29, 0.717) is 0 Å². The molecule has 74 valence electrons. The van der Waals surface area contributed by atoms with E-state index >= 15 is 0 Å². The van der Waals surface area contributed by atoms with Crippen molar-refractivity contribution in [2.24, 2.45) is 5.73 Å². The van der Waals surface area contributed by atoms with Crippen LogP contribution in [0.2, 0.25) is 0 Å². The maximum Gasteiger partial charge on any atom is 0.312 e.